The van der Waals surface area contributed by atoms with Gasteiger partial charge in [0.05, 0.1) is 17.6 Å². The molecule has 0 spiro atoms. The van der Waals surface area contributed by atoms with Crippen LogP contribution in [0.2, 0.25) is 0 Å². The highest BCUT2D eigenvalue weighted by atomic mass is 32.3. The summed E-state index contributed by atoms with van der Waals surface area (Å²) in [5, 5.41) is 0.947. The molecule has 6 nitrogen and oxygen atoms in total. The minimum absolute atomic E-state index is 0.125. The van der Waals surface area contributed by atoms with Crippen LogP contribution < -0.4 is 5.73 Å². The highest BCUT2D eigenvalue weighted by molar-refractivity contribution is 7.95. The second-order valence-electron chi connectivity index (χ2n) is 7.19. The summed E-state index contributed by atoms with van der Waals surface area (Å²) >= 11 is 0. The Morgan fingerprint density at radius 2 is 2.04 bits per heavy atom. The first-order valence-corrected chi connectivity index (χ1v) is 11.0. The van der Waals surface area contributed by atoms with Crippen LogP contribution in [0.3, 0.4) is 0 Å². The molecule has 4 N–H and O–H groups in total. The van der Waals surface area contributed by atoms with E-state index < -0.39 is 16.3 Å². The number of fused-ring (bicyclic) bond motifs is 1. The van der Waals surface area contributed by atoms with Gasteiger partial charge in [0.2, 0.25) is 0 Å². The van der Waals surface area contributed by atoms with Crippen molar-refractivity contribution >= 4 is 27.2 Å². The number of amides is 1. The number of hydrogen-bond donors (Lipinski definition) is 3. The number of aromatic nitrogens is 1. The number of rotatable bonds is 5. The van der Waals surface area contributed by atoms with Crippen molar-refractivity contribution in [1.29, 1.82) is 0 Å². The zero-order valence-corrected chi connectivity index (χ0v) is 16.5. The Labute approximate surface area is 165 Å². The van der Waals surface area contributed by atoms with Crippen LogP contribution in [0, 0.1) is 0 Å². The molecule has 2 aromatic carbocycles. The third-order valence-electron chi connectivity index (χ3n) is 5.56. The van der Waals surface area contributed by atoms with Crippen molar-refractivity contribution in [2.75, 3.05) is 18.8 Å². The highest BCUT2D eigenvalue weighted by Gasteiger charge is 2.40. The molecule has 1 amide bonds. The number of nitrogens with two attached hydrogens (primary N) is 1. The van der Waals surface area contributed by atoms with E-state index in [9.17, 15) is 13.6 Å². The number of hydrogen-bond acceptors (Lipinski definition) is 2. The number of benzene rings is 2. The molecular weight excluding hydrogens is 374 g/mol. The van der Waals surface area contributed by atoms with E-state index in [1.54, 1.807) is 11.2 Å². The fourth-order valence-corrected chi connectivity index (χ4v) is 5.17. The van der Waals surface area contributed by atoms with Gasteiger partial charge in [-0.1, -0.05) is 34.6 Å². The monoisotopic (exact) mass is 398 g/mol. The van der Waals surface area contributed by atoms with Gasteiger partial charge in [-0.2, -0.15) is 4.55 Å². The van der Waals surface area contributed by atoms with Crippen LogP contribution in [-0.2, 0) is 14.6 Å². The summed E-state index contributed by atoms with van der Waals surface area (Å²) in [6, 6.07) is 13.7. The van der Waals surface area contributed by atoms with E-state index in [0.29, 0.717) is 18.7 Å². The lowest BCUT2D eigenvalue weighted by Gasteiger charge is -2.14. The Morgan fingerprint density at radius 1 is 1.29 bits per heavy atom. The van der Waals surface area contributed by atoms with E-state index in [2.05, 4.69) is 11.1 Å². The quantitative estimate of drug-likeness (QED) is 0.572. The highest BCUT2D eigenvalue weighted by Crippen LogP contribution is 2.37. The maximum absolute atomic E-state index is 12.3. The third kappa shape index (κ3) is 3.26. The number of nitrogens with zero attached hydrogens (tertiary/aromatic N) is 1. The number of nitrogens with one attached hydrogen (secondary N) is 1. The summed E-state index contributed by atoms with van der Waals surface area (Å²) in [7, 11) is -2.95. The van der Waals surface area contributed by atoms with Crippen molar-refractivity contribution in [3.63, 3.8) is 0 Å². The predicted molar refractivity (Wildman–Crippen MR) is 112 cm³/mol. The standard InChI is InChI=1S/C21H23N3O3S/c1-2-28(26,27)24-9-8-15(13-24)19-12-23-20-17(19)10-16(11-18(20)21(22)25)14-6-4-3-5-7-14/h3-7,10-12,15H,2,8-9,13H2,1H3,(H3-,22,23,25,26,27)/p+1. The first-order chi connectivity index (χ1) is 13.4. The van der Waals surface area contributed by atoms with Crippen molar-refractivity contribution in [3.8, 4) is 11.1 Å². The normalized spacial score (nSPS) is 19.7. The number of primary amides is 1. The number of carbonyl (C=O) groups is 1. The van der Waals surface area contributed by atoms with Crippen LogP contribution >= 0.6 is 0 Å². The SMILES string of the molecule is CC[S+](=O)(O)N1CCC(c2c[nH]c3c(C(N)=O)cc(-c4ccccc4)cc23)C1. The zero-order chi connectivity index (χ0) is 19.9. The molecule has 2 heterocycles. The first kappa shape index (κ1) is 18.9. The lowest BCUT2D eigenvalue weighted by Crippen LogP contribution is -2.35. The third-order valence-corrected chi connectivity index (χ3v) is 7.45. The Kier molecular flexibility index (Phi) is 4.82. The first-order valence-electron chi connectivity index (χ1n) is 9.40. The number of aromatic amines is 1. The van der Waals surface area contributed by atoms with Crippen LogP contribution in [0.5, 0.6) is 0 Å². The van der Waals surface area contributed by atoms with Gasteiger partial charge in [0.15, 0.2) is 5.75 Å². The summed E-state index contributed by atoms with van der Waals surface area (Å²) in [5.74, 6) is -0.133. The molecule has 2 atom stereocenters. The largest absolute Gasteiger partial charge is 0.366 e. The number of H-pyrrole nitrogens is 1. The van der Waals surface area contributed by atoms with Gasteiger partial charge in [0.25, 0.3) is 16.3 Å². The van der Waals surface area contributed by atoms with Crippen molar-refractivity contribution in [3.05, 3.63) is 59.8 Å². The summed E-state index contributed by atoms with van der Waals surface area (Å²) < 4.78 is 24.1. The van der Waals surface area contributed by atoms with Crippen LogP contribution in [0.1, 0.15) is 35.2 Å². The molecule has 1 saturated heterocycles. The van der Waals surface area contributed by atoms with Gasteiger partial charge in [-0.05, 0) is 46.4 Å². The van der Waals surface area contributed by atoms with Crippen LogP contribution in [0.4, 0.5) is 0 Å². The lowest BCUT2D eigenvalue weighted by molar-refractivity contribution is 0.100. The summed E-state index contributed by atoms with van der Waals surface area (Å²) in [5.41, 5.74) is 9.82. The average molecular weight is 399 g/mol. The minimum Gasteiger partial charge on any atom is -0.366 e. The molecule has 7 heteroatoms. The summed E-state index contributed by atoms with van der Waals surface area (Å²) in [6.45, 7) is 2.84. The fourth-order valence-electron chi connectivity index (χ4n) is 4.01. The topological polar surface area (TPSA) is 99.4 Å². The Bertz CT molecular complexity index is 1080. The van der Waals surface area contributed by atoms with E-state index >= 15 is 0 Å². The summed E-state index contributed by atoms with van der Waals surface area (Å²) in [4.78, 5) is 15.3. The van der Waals surface area contributed by atoms with E-state index in [0.717, 1.165) is 34.0 Å². The van der Waals surface area contributed by atoms with Crippen molar-refractivity contribution in [1.82, 2.24) is 9.29 Å². The minimum atomic E-state index is -2.95. The smallest absolute Gasteiger partial charge is 0.290 e. The molecule has 0 radical (unpaired) electrons. The van der Waals surface area contributed by atoms with Gasteiger partial charge < -0.3 is 10.7 Å². The second-order valence-corrected chi connectivity index (χ2v) is 9.50. The second kappa shape index (κ2) is 7.16. The van der Waals surface area contributed by atoms with Gasteiger partial charge in [-0.3, -0.25) is 4.79 Å². The maximum Gasteiger partial charge on any atom is 0.290 e. The summed E-state index contributed by atoms with van der Waals surface area (Å²) in [6.07, 6.45) is 2.71. The molecule has 2 unspecified atom stereocenters. The maximum atomic E-state index is 12.3. The Morgan fingerprint density at radius 3 is 2.71 bits per heavy atom. The molecule has 4 rings (SSSR count). The van der Waals surface area contributed by atoms with Gasteiger partial charge in [0, 0.05) is 24.0 Å². The fraction of sp³-hybridized carbons (Fsp3) is 0.286. The lowest BCUT2D eigenvalue weighted by atomic mass is 9.93. The van der Waals surface area contributed by atoms with E-state index in [-0.39, 0.29) is 11.7 Å². The van der Waals surface area contributed by atoms with Crippen molar-refractivity contribution in [2.24, 2.45) is 5.73 Å². The molecule has 0 aliphatic carbocycles. The van der Waals surface area contributed by atoms with Crippen molar-refractivity contribution < 1.29 is 13.6 Å². The molecule has 146 valence electrons. The van der Waals surface area contributed by atoms with Gasteiger partial charge in [0.1, 0.15) is 0 Å². The van der Waals surface area contributed by atoms with Crippen LogP contribution in [0.15, 0.2) is 48.7 Å². The van der Waals surface area contributed by atoms with E-state index in [1.807, 2.05) is 42.6 Å². The Balaban J connectivity index is 1.80. The van der Waals surface area contributed by atoms with Gasteiger partial charge in [-0.25, -0.2) is 0 Å². The molecular formula is C21H24N3O3S+. The predicted octanol–water partition coefficient (Wildman–Crippen LogP) is 3.63. The number of carbonyl (C=O) groups excluding carboxylic acids is 1. The van der Waals surface area contributed by atoms with E-state index in [4.69, 9.17) is 5.73 Å². The molecule has 28 heavy (non-hydrogen) atoms. The Hall–Kier alpha value is -2.48. The molecule has 1 aliphatic rings. The molecule has 1 aromatic heterocycles. The zero-order valence-electron chi connectivity index (χ0n) is 15.7. The molecule has 3 aromatic rings. The molecule has 1 fully saturated rings. The van der Waals surface area contributed by atoms with Crippen molar-refractivity contribution in [2.45, 2.75) is 19.3 Å². The molecule has 1 aliphatic heterocycles. The van der Waals surface area contributed by atoms with E-state index in [1.165, 1.54) is 0 Å². The van der Waals surface area contributed by atoms with Crippen LogP contribution in [-0.4, -0.2) is 38.6 Å². The molecule has 0 saturated carbocycles. The van der Waals surface area contributed by atoms with Gasteiger partial charge >= 0.3 is 0 Å². The molecule has 0 bridgehead atoms. The average Bonchev–Trinajstić information content (AvgIpc) is 3.35. The van der Waals surface area contributed by atoms with Crippen LogP contribution in [0.25, 0.3) is 22.0 Å². The van der Waals surface area contributed by atoms with Gasteiger partial charge in [-0.15, -0.1) is 0 Å².